The standard InChI is InChI=1S/C24H18N.3C15H10N.C13H8NS.3C5H8O2.4Ir/c1-24(2)20-9-5-4-8-18(20)19-13-11-17(15-21(19)24)23-14-12-16-7-3-6-10-22(16)25-23;3*1-2-6-12(7-3-1)15-11-10-13-8-4-5-9-14(13)16-15;1-2-6-10(7-3-1)13-14-11-8-4-5-9-12(11)15-13;3*1-4(6)3-5(2)7;;;;/h3-10,12-15H,1-2H3;3*1-6,8-11H;1-6,8-9H;3*3,6H,1-2H3;;;;/q5*-1;;;;;;;. The monoisotopic (exact) mass is 2210 g/mol. The number of thiazole rings is 1. The fraction of sp³-hybridized carbons (Fsp3) is 0.0928. The molecular weight excluding hydrogens is 2130 g/mol. The van der Waals surface area contributed by atoms with E-state index in [2.05, 4.69) is 167 Å². The van der Waals surface area contributed by atoms with Gasteiger partial charge in [-0.2, -0.15) is 11.3 Å². The van der Waals surface area contributed by atoms with E-state index >= 15 is 0 Å². The number of carbonyl (C=O) groups is 3. The number of benzene rings is 11. The molecule has 11 nitrogen and oxygen atoms in total. The summed E-state index contributed by atoms with van der Waals surface area (Å²) in [6, 6.07) is 118. The van der Waals surface area contributed by atoms with E-state index in [0.29, 0.717) is 0 Å². The van der Waals surface area contributed by atoms with Gasteiger partial charge in [-0.3, -0.25) is 39.3 Å². The summed E-state index contributed by atoms with van der Waals surface area (Å²) >= 11 is 1.71. The van der Waals surface area contributed by atoms with Crippen LogP contribution >= 0.6 is 11.3 Å². The van der Waals surface area contributed by atoms with Crippen molar-refractivity contribution in [1.82, 2.24) is 24.9 Å². The fourth-order valence-corrected chi connectivity index (χ4v) is 12.7. The molecule has 0 aliphatic heterocycles. The molecule has 16 heteroatoms. The molecule has 0 spiro atoms. The van der Waals surface area contributed by atoms with E-state index in [-0.39, 0.29) is 120 Å². The summed E-state index contributed by atoms with van der Waals surface area (Å²) in [5.74, 6) is -0.187. The minimum atomic E-state index is -0.125. The van der Waals surface area contributed by atoms with Crippen molar-refractivity contribution >= 4 is 82.5 Å². The molecule has 1 aliphatic rings. The van der Waals surface area contributed by atoms with Crippen LogP contribution in [0.4, 0.5) is 0 Å². The molecule has 3 N–H and O–H groups in total. The number of pyridine rings is 4. The van der Waals surface area contributed by atoms with Crippen LogP contribution < -0.4 is 0 Å². The molecule has 576 valence electrons. The summed E-state index contributed by atoms with van der Waals surface area (Å²) in [6.07, 6.45) is 3.50. The van der Waals surface area contributed by atoms with Gasteiger partial charge in [-0.25, -0.2) is 0 Å². The van der Waals surface area contributed by atoms with Crippen LogP contribution in [0.2, 0.25) is 0 Å². The van der Waals surface area contributed by atoms with Gasteiger partial charge in [-0.05, 0) is 133 Å². The number of aliphatic hydroxyl groups is 3. The molecule has 0 saturated heterocycles. The Morgan fingerprint density at radius 1 is 0.319 bits per heavy atom. The molecular formula is C97H80Ir4N5O6S-5. The van der Waals surface area contributed by atoms with Crippen molar-refractivity contribution in [3.63, 3.8) is 0 Å². The molecule has 113 heavy (non-hydrogen) atoms. The summed E-state index contributed by atoms with van der Waals surface area (Å²) in [7, 11) is 0. The third-order valence-electron chi connectivity index (χ3n) is 16.6. The van der Waals surface area contributed by atoms with Crippen LogP contribution in [-0.2, 0) is 100 Å². The van der Waals surface area contributed by atoms with Gasteiger partial charge >= 0.3 is 0 Å². The van der Waals surface area contributed by atoms with Crippen molar-refractivity contribution in [2.75, 3.05) is 0 Å². The smallest absolute Gasteiger partial charge is 0.155 e. The topological polar surface area (TPSA) is 176 Å². The number of fused-ring (bicyclic) bond motifs is 8. The van der Waals surface area contributed by atoms with Crippen LogP contribution in [0, 0.1) is 30.3 Å². The Labute approximate surface area is 718 Å². The largest absolute Gasteiger partial charge is 0.512 e. The molecule has 4 radical (unpaired) electrons. The Kier molecular flexibility index (Phi) is 36.8. The predicted molar refractivity (Wildman–Crippen MR) is 447 cm³/mol. The first-order valence-electron chi connectivity index (χ1n) is 35.2. The quantitative estimate of drug-likeness (QED) is 0.0750. The number of hydrogen-bond acceptors (Lipinski definition) is 12. The second-order valence-corrected chi connectivity index (χ2v) is 26.7. The molecule has 0 saturated carbocycles. The minimum Gasteiger partial charge on any atom is -0.512 e. The Balaban J connectivity index is 0.000000207. The number of allylic oxidation sites excluding steroid dienone is 6. The number of nitrogens with zero attached hydrogens (tertiary/aromatic N) is 5. The molecule has 0 amide bonds. The first-order valence-corrected chi connectivity index (χ1v) is 36.0. The maximum Gasteiger partial charge on any atom is 0.155 e. The van der Waals surface area contributed by atoms with Crippen LogP contribution in [0.25, 0.3) is 121 Å². The van der Waals surface area contributed by atoms with E-state index in [4.69, 9.17) is 20.3 Å². The zero-order chi connectivity index (χ0) is 77.1. The van der Waals surface area contributed by atoms with Gasteiger partial charge in [-0.1, -0.05) is 183 Å². The van der Waals surface area contributed by atoms with Crippen molar-refractivity contribution < 1.29 is 110 Å². The molecule has 5 aromatic heterocycles. The zero-order valence-electron chi connectivity index (χ0n) is 63.1. The van der Waals surface area contributed by atoms with E-state index in [0.717, 1.165) is 83.2 Å². The van der Waals surface area contributed by atoms with Crippen molar-refractivity contribution in [1.29, 1.82) is 0 Å². The minimum absolute atomic E-state index is 0. The van der Waals surface area contributed by atoms with Crippen LogP contribution in [0.1, 0.15) is 66.5 Å². The van der Waals surface area contributed by atoms with Gasteiger partial charge in [0, 0.05) is 108 Å². The average molecular weight is 2210 g/mol. The molecule has 17 rings (SSSR count). The van der Waals surface area contributed by atoms with E-state index in [9.17, 15) is 14.4 Å². The average Bonchev–Trinajstić information content (AvgIpc) is 1.58. The van der Waals surface area contributed by atoms with Gasteiger partial charge in [0.2, 0.25) is 0 Å². The van der Waals surface area contributed by atoms with E-state index in [1.54, 1.807) is 11.3 Å². The number of carbonyl (C=O) groups excluding carboxylic acids is 3. The normalized spacial score (nSPS) is 11.2. The van der Waals surface area contributed by atoms with Gasteiger partial charge in [-0.15, -0.1) is 173 Å². The van der Waals surface area contributed by atoms with E-state index in [1.165, 1.54) is 108 Å². The molecule has 0 atom stereocenters. The number of para-hydroxylation sites is 5. The van der Waals surface area contributed by atoms with Gasteiger partial charge in [0.1, 0.15) is 0 Å². The Bertz CT molecular complexity index is 5480. The van der Waals surface area contributed by atoms with Crippen LogP contribution in [0.5, 0.6) is 0 Å². The van der Waals surface area contributed by atoms with Crippen molar-refractivity contribution in [3.8, 4) is 66.7 Å². The maximum atomic E-state index is 10.0. The predicted octanol–water partition coefficient (Wildman–Crippen LogP) is 24.0. The van der Waals surface area contributed by atoms with Gasteiger partial charge in [0.25, 0.3) is 0 Å². The Morgan fingerprint density at radius 2 is 0.628 bits per heavy atom. The number of aliphatic hydroxyl groups excluding tert-OH is 3. The molecule has 0 unspecified atom stereocenters. The summed E-state index contributed by atoms with van der Waals surface area (Å²) in [5.41, 5.74) is 19.7. The third-order valence-corrected chi connectivity index (χ3v) is 17.7. The number of aromatic nitrogens is 5. The fourth-order valence-electron chi connectivity index (χ4n) is 11.7. The maximum absolute atomic E-state index is 10.0. The molecule has 1 aliphatic carbocycles. The zero-order valence-corrected chi connectivity index (χ0v) is 73.5. The van der Waals surface area contributed by atoms with Crippen molar-refractivity contribution in [3.05, 3.63) is 380 Å². The van der Waals surface area contributed by atoms with E-state index in [1.807, 2.05) is 200 Å². The molecule has 0 fully saturated rings. The summed E-state index contributed by atoms with van der Waals surface area (Å²) in [4.78, 5) is 53.3. The summed E-state index contributed by atoms with van der Waals surface area (Å²) in [5, 5.41) is 30.8. The third kappa shape index (κ3) is 26.9. The first kappa shape index (κ1) is 91.1. The summed E-state index contributed by atoms with van der Waals surface area (Å²) in [6.45, 7) is 13.1. The SMILES string of the molecule is CC(=O)C=C(C)O.CC(=O)C=C(C)O.CC(=O)C=C(C)O.CC1(C)c2ccccc2-c2c[c-]c(-c3ccc4ccccc4n3)cc21.[Ir].[Ir].[Ir].[Ir].[c-]1ccccc1-c1ccc2ccccc2n1.[c-]1ccccc1-c1ccc2ccccc2n1.[c-]1ccccc1-c1ccc2ccccc2n1.[c-]1ccccc1-c1nc2ccccc2s1. The Morgan fingerprint density at radius 3 is 0.956 bits per heavy atom. The van der Waals surface area contributed by atoms with Crippen LogP contribution in [0.15, 0.2) is 339 Å². The van der Waals surface area contributed by atoms with Gasteiger partial charge in [0.15, 0.2) is 17.3 Å². The Hall–Kier alpha value is -10.8. The molecule has 16 aromatic rings. The number of hydrogen-bond donors (Lipinski definition) is 3. The van der Waals surface area contributed by atoms with Crippen LogP contribution in [0.3, 0.4) is 0 Å². The second kappa shape index (κ2) is 45.6. The summed E-state index contributed by atoms with van der Waals surface area (Å²) < 4.78 is 1.23. The second-order valence-electron chi connectivity index (χ2n) is 25.7. The molecule has 11 aromatic carbocycles. The van der Waals surface area contributed by atoms with Gasteiger partial charge < -0.3 is 15.3 Å². The van der Waals surface area contributed by atoms with Gasteiger partial charge in [0.05, 0.1) is 44.9 Å². The van der Waals surface area contributed by atoms with E-state index < -0.39 is 0 Å². The van der Waals surface area contributed by atoms with Crippen LogP contribution in [-0.4, -0.2) is 57.6 Å². The first-order chi connectivity index (χ1) is 52.8. The molecule has 0 bridgehead atoms. The van der Waals surface area contributed by atoms with Crippen molar-refractivity contribution in [2.24, 2.45) is 0 Å². The van der Waals surface area contributed by atoms with Crippen molar-refractivity contribution in [2.45, 2.75) is 60.8 Å². The number of ketones is 3. The number of rotatable bonds is 8. The molecule has 5 heterocycles.